The van der Waals surface area contributed by atoms with E-state index >= 15 is 0 Å². The number of hydrogen-bond donors (Lipinski definition) is 1. The maximum absolute atomic E-state index is 12.4. The SMILES string of the molecule is NCCOC1CCN(S(=O)(=O)CC2CCCCC2)CC1. The minimum absolute atomic E-state index is 0.180. The topological polar surface area (TPSA) is 72.6 Å². The summed E-state index contributed by atoms with van der Waals surface area (Å²) in [6.07, 6.45) is 7.57. The van der Waals surface area contributed by atoms with Crippen LogP contribution in [0.3, 0.4) is 0 Å². The molecular formula is C14H28N2O3S. The highest BCUT2D eigenvalue weighted by Crippen LogP contribution is 2.27. The molecule has 0 bridgehead atoms. The van der Waals surface area contributed by atoms with Gasteiger partial charge in [-0.25, -0.2) is 12.7 Å². The molecule has 0 unspecified atom stereocenters. The largest absolute Gasteiger partial charge is 0.377 e. The van der Waals surface area contributed by atoms with Crippen LogP contribution < -0.4 is 5.73 Å². The fourth-order valence-corrected chi connectivity index (χ4v) is 5.18. The van der Waals surface area contributed by atoms with Gasteiger partial charge < -0.3 is 10.5 Å². The number of sulfonamides is 1. The van der Waals surface area contributed by atoms with Gasteiger partial charge in [0, 0.05) is 19.6 Å². The maximum atomic E-state index is 12.4. The fraction of sp³-hybridized carbons (Fsp3) is 1.00. The third-order valence-electron chi connectivity index (χ3n) is 4.44. The molecule has 2 rings (SSSR count). The Balaban J connectivity index is 1.79. The van der Waals surface area contributed by atoms with Gasteiger partial charge in [-0.15, -0.1) is 0 Å². The molecule has 20 heavy (non-hydrogen) atoms. The molecule has 1 saturated carbocycles. The van der Waals surface area contributed by atoms with Crippen molar-refractivity contribution in [2.24, 2.45) is 11.7 Å². The average molecular weight is 304 g/mol. The van der Waals surface area contributed by atoms with Gasteiger partial charge in [-0.05, 0) is 31.6 Å². The molecule has 1 saturated heterocycles. The van der Waals surface area contributed by atoms with Crippen molar-refractivity contribution in [1.29, 1.82) is 0 Å². The van der Waals surface area contributed by atoms with Crippen molar-refractivity contribution in [3.05, 3.63) is 0 Å². The Kier molecular flexibility index (Phi) is 6.26. The Bertz CT molecular complexity index is 372. The molecule has 1 aliphatic heterocycles. The van der Waals surface area contributed by atoms with E-state index in [2.05, 4.69) is 0 Å². The predicted octanol–water partition coefficient (Wildman–Crippen LogP) is 1.34. The zero-order valence-corrected chi connectivity index (χ0v) is 13.1. The zero-order valence-electron chi connectivity index (χ0n) is 12.3. The van der Waals surface area contributed by atoms with Gasteiger partial charge in [0.05, 0.1) is 18.5 Å². The summed E-state index contributed by atoms with van der Waals surface area (Å²) in [7, 11) is -3.07. The second-order valence-corrected chi connectivity index (χ2v) is 8.05. The lowest BCUT2D eigenvalue weighted by Crippen LogP contribution is -2.43. The first kappa shape index (κ1) is 16.2. The molecule has 0 amide bonds. The van der Waals surface area contributed by atoms with Crippen molar-refractivity contribution in [2.75, 3.05) is 32.0 Å². The third kappa shape index (κ3) is 4.69. The summed E-state index contributed by atoms with van der Waals surface area (Å²) in [6.45, 7) is 2.30. The van der Waals surface area contributed by atoms with Gasteiger partial charge in [0.15, 0.2) is 0 Å². The molecule has 0 radical (unpaired) electrons. The lowest BCUT2D eigenvalue weighted by atomic mass is 9.91. The Hall–Kier alpha value is -0.170. The predicted molar refractivity (Wildman–Crippen MR) is 80.0 cm³/mol. The molecule has 0 spiro atoms. The van der Waals surface area contributed by atoms with E-state index in [0.717, 1.165) is 25.7 Å². The number of nitrogens with two attached hydrogens (primary N) is 1. The molecule has 2 N–H and O–H groups in total. The van der Waals surface area contributed by atoms with Crippen LogP contribution in [0.15, 0.2) is 0 Å². The van der Waals surface area contributed by atoms with Crippen LogP contribution in [0.2, 0.25) is 0 Å². The van der Waals surface area contributed by atoms with Crippen molar-refractivity contribution in [2.45, 2.75) is 51.0 Å². The second kappa shape index (κ2) is 7.73. The molecule has 2 fully saturated rings. The van der Waals surface area contributed by atoms with E-state index < -0.39 is 10.0 Å². The van der Waals surface area contributed by atoms with Crippen LogP contribution in [-0.4, -0.2) is 50.8 Å². The van der Waals surface area contributed by atoms with E-state index in [0.29, 0.717) is 37.9 Å². The highest BCUT2D eigenvalue weighted by Gasteiger charge is 2.30. The normalized spacial score (nSPS) is 24.1. The van der Waals surface area contributed by atoms with Gasteiger partial charge in [-0.3, -0.25) is 0 Å². The molecule has 5 nitrogen and oxygen atoms in total. The summed E-state index contributed by atoms with van der Waals surface area (Å²) in [5.41, 5.74) is 5.42. The van der Waals surface area contributed by atoms with Gasteiger partial charge in [0.25, 0.3) is 0 Å². The maximum Gasteiger partial charge on any atom is 0.214 e. The van der Waals surface area contributed by atoms with Gasteiger partial charge >= 0.3 is 0 Å². The smallest absolute Gasteiger partial charge is 0.214 e. The Morgan fingerprint density at radius 3 is 2.30 bits per heavy atom. The average Bonchev–Trinajstić information content (AvgIpc) is 2.46. The summed E-state index contributed by atoms with van der Waals surface area (Å²) in [5, 5.41) is 0. The number of nitrogens with zero attached hydrogens (tertiary/aromatic N) is 1. The van der Waals surface area contributed by atoms with Crippen LogP contribution in [0.5, 0.6) is 0 Å². The summed E-state index contributed by atoms with van der Waals surface area (Å²) >= 11 is 0. The number of ether oxygens (including phenoxy) is 1. The lowest BCUT2D eigenvalue weighted by Gasteiger charge is -2.32. The summed E-state index contributed by atoms with van der Waals surface area (Å²) in [5.74, 6) is 0.724. The quantitative estimate of drug-likeness (QED) is 0.803. The highest BCUT2D eigenvalue weighted by atomic mass is 32.2. The Labute approximate surface area is 122 Å². The van der Waals surface area contributed by atoms with Crippen molar-refractivity contribution in [3.63, 3.8) is 0 Å². The molecule has 1 heterocycles. The fourth-order valence-electron chi connectivity index (χ4n) is 3.27. The number of hydrogen-bond acceptors (Lipinski definition) is 4. The molecule has 6 heteroatoms. The van der Waals surface area contributed by atoms with Crippen LogP contribution in [0, 0.1) is 5.92 Å². The van der Waals surface area contributed by atoms with Crippen LogP contribution in [0.4, 0.5) is 0 Å². The zero-order chi connectivity index (χ0) is 14.4. The minimum Gasteiger partial charge on any atom is -0.377 e. The summed E-state index contributed by atoms with van der Waals surface area (Å²) in [4.78, 5) is 0. The lowest BCUT2D eigenvalue weighted by molar-refractivity contribution is 0.0257. The van der Waals surface area contributed by atoms with Crippen molar-refractivity contribution >= 4 is 10.0 Å². The molecular weight excluding hydrogens is 276 g/mol. The molecule has 0 aromatic heterocycles. The number of rotatable bonds is 6. The third-order valence-corrected chi connectivity index (χ3v) is 6.48. The molecule has 0 aromatic carbocycles. The summed E-state index contributed by atoms with van der Waals surface area (Å²) < 4.78 is 32.1. The van der Waals surface area contributed by atoms with Crippen LogP contribution >= 0.6 is 0 Å². The van der Waals surface area contributed by atoms with E-state index in [1.807, 2.05) is 0 Å². The standard InChI is InChI=1S/C14H28N2O3S/c15-8-11-19-14-6-9-16(10-7-14)20(17,18)12-13-4-2-1-3-5-13/h13-14H,1-12,15H2. The van der Waals surface area contributed by atoms with E-state index in [-0.39, 0.29) is 6.10 Å². The Morgan fingerprint density at radius 1 is 1.05 bits per heavy atom. The van der Waals surface area contributed by atoms with Gasteiger partial charge in [0.1, 0.15) is 0 Å². The molecule has 118 valence electrons. The molecule has 0 atom stereocenters. The first-order valence-electron chi connectivity index (χ1n) is 7.91. The molecule has 1 aliphatic carbocycles. The van der Waals surface area contributed by atoms with E-state index in [4.69, 9.17) is 10.5 Å². The first-order chi connectivity index (χ1) is 9.62. The molecule has 2 aliphatic rings. The molecule has 0 aromatic rings. The van der Waals surface area contributed by atoms with Crippen LogP contribution in [0.1, 0.15) is 44.9 Å². The first-order valence-corrected chi connectivity index (χ1v) is 9.52. The van der Waals surface area contributed by atoms with Gasteiger partial charge in [0.2, 0.25) is 10.0 Å². The van der Waals surface area contributed by atoms with Crippen LogP contribution in [0.25, 0.3) is 0 Å². The monoisotopic (exact) mass is 304 g/mol. The number of piperidine rings is 1. The van der Waals surface area contributed by atoms with Crippen molar-refractivity contribution in [1.82, 2.24) is 4.31 Å². The van der Waals surface area contributed by atoms with Crippen molar-refractivity contribution < 1.29 is 13.2 Å². The van der Waals surface area contributed by atoms with Crippen molar-refractivity contribution in [3.8, 4) is 0 Å². The minimum atomic E-state index is -3.07. The van der Waals surface area contributed by atoms with Crippen LogP contribution in [-0.2, 0) is 14.8 Å². The van der Waals surface area contributed by atoms with E-state index in [1.165, 1.54) is 19.3 Å². The summed E-state index contributed by atoms with van der Waals surface area (Å²) in [6, 6.07) is 0. The Morgan fingerprint density at radius 2 is 1.70 bits per heavy atom. The van der Waals surface area contributed by atoms with E-state index in [9.17, 15) is 8.42 Å². The second-order valence-electron chi connectivity index (χ2n) is 6.04. The highest BCUT2D eigenvalue weighted by molar-refractivity contribution is 7.89. The van der Waals surface area contributed by atoms with Gasteiger partial charge in [-0.2, -0.15) is 0 Å². The van der Waals surface area contributed by atoms with Gasteiger partial charge in [-0.1, -0.05) is 19.3 Å². The van der Waals surface area contributed by atoms with E-state index in [1.54, 1.807) is 4.31 Å².